The van der Waals surface area contributed by atoms with Gasteiger partial charge in [0, 0.05) is 28.4 Å². The summed E-state index contributed by atoms with van der Waals surface area (Å²) in [5.41, 5.74) is 9.14. The molecule has 0 radical (unpaired) electrons. The number of hydrogen-bond donors (Lipinski definition) is 3. The molecule has 4 N–H and O–H groups in total. The lowest BCUT2D eigenvalue weighted by atomic mass is 10.0. The summed E-state index contributed by atoms with van der Waals surface area (Å²) in [4.78, 5) is 14.1. The molecule has 3 rings (SSSR count). The minimum absolute atomic E-state index is 0.128. The first-order valence-electron chi connectivity index (χ1n) is 5.86. The summed E-state index contributed by atoms with van der Waals surface area (Å²) in [6.07, 6.45) is 1.90. The number of aromatic amines is 1. The number of carboxylic acids is 1. The second kappa shape index (κ2) is 4.17. The van der Waals surface area contributed by atoms with Crippen LogP contribution in [-0.4, -0.2) is 16.1 Å². The number of H-pyrrole nitrogens is 1. The van der Waals surface area contributed by atoms with Crippen LogP contribution in [0, 0.1) is 0 Å². The Morgan fingerprint density at radius 3 is 2.68 bits per heavy atom. The average Bonchev–Trinajstić information content (AvgIpc) is 2.82. The molecule has 4 nitrogen and oxygen atoms in total. The lowest BCUT2D eigenvalue weighted by Crippen LogP contribution is -2.01. The number of aromatic nitrogens is 1. The topological polar surface area (TPSA) is 79.1 Å². The van der Waals surface area contributed by atoms with Crippen molar-refractivity contribution in [3.8, 4) is 11.1 Å². The molecule has 0 saturated heterocycles. The van der Waals surface area contributed by atoms with E-state index >= 15 is 0 Å². The van der Waals surface area contributed by atoms with Crippen molar-refractivity contribution in [3.05, 3.63) is 54.2 Å². The number of carboxylic acid groups (broad SMARTS) is 1. The van der Waals surface area contributed by atoms with Gasteiger partial charge < -0.3 is 15.8 Å². The van der Waals surface area contributed by atoms with Crippen molar-refractivity contribution in [2.45, 2.75) is 0 Å². The fraction of sp³-hybridized carbons (Fsp3) is 0. The predicted molar refractivity (Wildman–Crippen MR) is 75.1 cm³/mol. The lowest BCUT2D eigenvalue weighted by Gasteiger charge is -2.04. The molecule has 0 aliphatic carbocycles. The second-order valence-electron chi connectivity index (χ2n) is 4.36. The van der Waals surface area contributed by atoms with Crippen molar-refractivity contribution >= 4 is 22.6 Å². The predicted octanol–water partition coefficient (Wildman–Crippen LogP) is 3.12. The molecule has 0 aliphatic rings. The third-order valence-electron chi connectivity index (χ3n) is 3.18. The Morgan fingerprint density at radius 2 is 1.95 bits per heavy atom. The van der Waals surface area contributed by atoms with Crippen LogP contribution in [0.15, 0.2) is 48.7 Å². The van der Waals surface area contributed by atoms with Crippen molar-refractivity contribution in [1.82, 2.24) is 4.98 Å². The van der Waals surface area contributed by atoms with Crippen molar-refractivity contribution in [2.75, 3.05) is 5.73 Å². The maximum atomic E-state index is 10.9. The standard InChI is InChI=1S/C15H12N2O2/c16-13-7-9(5-6-11(13)15(18)19)12-8-17-14-4-2-1-3-10(12)14/h1-8,17H,16H2,(H,18,19). The molecule has 1 heterocycles. The fourth-order valence-corrected chi connectivity index (χ4v) is 2.24. The number of anilines is 1. The maximum absolute atomic E-state index is 10.9. The Hall–Kier alpha value is -2.75. The van der Waals surface area contributed by atoms with Crippen LogP contribution in [0.4, 0.5) is 5.69 Å². The van der Waals surface area contributed by atoms with Crippen molar-refractivity contribution in [3.63, 3.8) is 0 Å². The highest BCUT2D eigenvalue weighted by molar-refractivity contribution is 5.98. The summed E-state index contributed by atoms with van der Waals surface area (Å²) < 4.78 is 0. The van der Waals surface area contributed by atoms with Gasteiger partial charge in [0.25, 0.3) is 0 Å². The van der Waals surface area contributed by atoms with Gasteiger partial charge in [-0.05, 0) is 23.8 Å². The first kappa shape index (κ1) is 11.3. The summed E-state index contributed by atoms with van der Waals surface area (Å²) in [6.45, 7) is 0. The summed E-state index contributed by atoms with van der Waals surface area (Å²) in [5, 5.41) is 10.1. The van der Waals surface area contributed by atoms with E-state index < -0.39 is 5.97 Å². The van der Waals surface area contributed by atoms with Crippen molar-refractivity contribution < 1.29 is 9.90 Å². The molecule has 1 aromatic heterocycles. The van der Waals surface area contributed by atoms with Gasteiger partial charge in [-0.3, -0.25) is 0 Å². The molecule has 0 bridgehead atoms. The van der Waals surface area contributed by atoms with Gasteiger partial charge in [-0.15, -0.1) is 0 Å². The number of benzene rings is 2. The normalized spacial score (nSPS) is 10.7. The van der Waals surface area contributed by atoms with E-state index in [-0.39, 0.29) is 11.3 Å². The number of nitrogens with one attached hydrogen (secondary N) is 1. The van der Waals surface area contributed by atoms with Gasteiger partial charge in [0.1, 0.15) is 0 Å². The highest BCUT2D eigenvalue weighted by Gasteiger charge is 2.11. The first-order valence-corrected chi connectivity index (χ1v) is 5.86. The van der Waals surface area contributed by atoms with E-state index in [0.29, 0.717) is 0 Å². The molecule has 2 aromatic carbocycles. The van der Waals surface area contributed by atoms with Gasteiger partial charge >= 0.3 is 5.97 Å². The van der Waals surface area contributed by atoms with E-state index in [4.69, 9.17) is 10.8 Å². The molecule has 4 heteroatoms. The Balaban J connectivity index is 2.17. The summed E-state index contributed by atoms with van der Waals surface area (Å²) in [6, 6.07) is 12.9. The largest absolute Gasteiger partial charge is 0.478 e. The lowest BCUT2D eigenvalue weighted by molar-refractivity contribution is 0.0698. The molecular weight excluding hydrogens is 240 g/mol. The third kappa shape index (κ3) is 1.83. The van der Waals surface area contributed by atoms with E-state index in [1.165, 1.54) is 6.07 Å². The molecule has 0 atom stereocenters. The number of rotatable bonds is 2. The molecule has 0 spiro atoms. The quantitative estimate of drug-likeness (QED) is 0.613. The molecule has 19 heavy (non-hydrogen) atoms. The maximum Gasteiger partial charge on any atom is 0.337 e. The van der Waals surface area contributed by atoms with Gasteiger partial charge in [0.15, 0.2) is 0 Å². The number of para-hydroxylation sites is 1. The van der Waals surface area contributed by atoms with Crippen LogP contribution in [0.2, 0.25) is 0 Å². The molecule has 3 aromatic rings. The molecule has 0 unspecified atom stereocenters. The minimum atomic E-state index is -1.01. The number of aromatic carboxylic acids is 1. The van der Waals surface area contributed by atoms with Gasteiger partial charge in [0.2, 0.25) is 0 Å². The zero-order chi connectivity index (χ0) is 13.4. The molecule has 94 valence electrons. The highest BCUT2D eigenvalue weighted by atomic mass is 16.4. The Morgan fingerprint density at radius 1 is 1.16 bits per heavy atom. The Kier molecular flexibility index (Phi) is 2.49. The first-order chi connectivity index (χ1) is 9.16. The van der Waals surface area contributed by atoms with E-state index in [1.54, 1.807) is 12.1 Å². The van der Waals surface area contributed by atoms with Gasteiger partial charge in [-0.1, -0.05) is 24.3 Å². The number of nitrogens with two attached hydrogens (primary N) is 1. The Bertz CT molecular complexity index is 775. The fourth-order valence-electron chi connectivity index (χ4n) is 2.24. The summed E-state index contributed by atoms with van der Waals surface area (Å²) >= 11 is 0. The van der Waals surface area contributed by atoms with E-state index in [9.17, 15) is 4.79 Å². The van der Waals surface area contributed by atoms with Crippen LogP contribution in [0.3, 0.4) is 0 Å². The molecule has 0 aliphatic heterocycles. The van der Waals surface area contributed by atoms with Crippen molar-refractivity contribution in [2.24, 2.45) is 0 Å². The Labute approximate surface area is 109 Å². The smallest absolute Gasteiger partial charge is 0.337 e. The third-order valence-corrected chi connectivity index (χ3v) is 3.18. The van der Waals surface area contributed by atoms with Crippen LogP contribution in [0.1, 0.15) is 10.4 Å². The average molecular weight is 252 g/mol. The number of hydrogen-bond acceptors (Lipinski definition) is 2. The van der Waals surface area contributed by atoms with Crippen LogP contribution in [-0.2, 0) is 0 Å². The van der Waals surface area contributed by atoms with Crippen LogP contribution in [0.5, 0.6) is 0 Å². The SMILES string of the molecule is Nc1cc(-c2c[nH]c3ccccc23)ccc1C(=O)O. The number of nitrogen functional groups attached to an aromatic ring is 1. The molecule has 0 fully saturated rings. The summed E-state index contributed by atoms with van der Waals surface area (Å²) in [7, 11) is 0. The molecular formula is C15H12N2O2. The zero-order valence-corrected chi connectivity index (χ0v) is 10.1. The number of carbonyl (C=O) groups is 1. The zero-order valence-electron chi connectivity index (χ0n) is 10.1. The van der Waals surface area contributed by atoms with E-state index in [0.717, 1.165) is 22.0 Å². The van der Waals surface area contributed by atoms with Crippen molar-refractivity contribution in [1.29, 1.82) is 0 Å². The summed E-state index contributed by atoms with van der Waals surface area (Å²) in [5.74, 6) is -1.01. The van der Waals surface area contributed by atoms with Gasteiger partial charge in [-0.2, -0.15) is 0 Å². The van der Waals surface area contributed by atoms with E-state index in [2.05, 4.69) is 4.98 Å². The number of fused-ring (bicyclic) bond motifs is 1. The van der Waals surface area contributed by atoms with Gasteiger partial charge in [0.05, 0.1) is 5.56 Å². The monoisotopic (exact) mass is 252 g/mol. The van der Waals surface area contributed by atoms with E-state index in [1.807, 2.05) is 30.5 Å². The highest BCUT2D eigenvalue weighted by Crippen LogP contribution is 2.30. The molecule has 0 saturated carbocycles. The minimum Gasteiger partial charge on any atom is -0.478 e. The van der Waals surface area contributed by atoms with Gasteiger partial charge in [-0.25, -0.2) is 4.79 Å². The second-order valence-corrected chi connectivity index (χ2v) is 4.36. The van der Waals surface area contributed by atoms with Crippen LogP contribution >= 0.6 is 0 Å². The van der Waals surface area contributed by atoms with Crippen LogP contribution in [0.25, 0.3) is 22.0 Å². The molecule has 0 amide bonds. The van der Waals surface area contributed by atoms with Crippen LogP contribution < -0.4 is 5.73 Å².